The molecule has 1 aliphatic rings. The molecule has 1 fully saturated rings. The van der Waals surface area contributed by atoms with Crippen molar-refractivity contribution < 1.29 is 0 Å². The van der Waals surface area contributed by atoms with Crippen LogP contribution in [-0.2, 0) is 0 Å². The second-order valence-corrected chi connectivity index (χ2v) is 5.58. The van der Waals surface area contributed by atoms with E-state index < -0.39 is 0 Å². The molecule has 13 heavy (non-hydrogen) atoms. The van der Waals surface area contributed by atoms with E-state index in [9.17, 15) is 0 Å². The minimum Gasteiger partial charge on any atom is -0.312 e. The molecule has 1 aliphatic carbocycles. The maximum Gasteiger partial charge on any atom is 0.0101 e. The molecule has 0 atom stereocenters. The average Bonchev–Trinajstić information content (AvgIpc) is 1.78. The summed E-state index contributed by atoms with van der Waals surface area (Å²) < 4.78 is 0. The largest absolute Gasteiger partial charge is 0.312 e. The molecule has 2 heteroatoms. The maximum atomic E-state index is 3.62. The van der Waals surface area contributed by atoms with Crippen molar-refractivity contribution in [3.8, 4) is 0 Å². The highest BCUT2D eigenvalue weighted by atomic mass is 15.1. The maximum absolute atomic E-state index is 3.62. The normalized spacial score (nSPS) is 29.1. The van der Waals surface area contributed by atoms with Crippen LogP contribution in [0.4, 0.5) is 0 Å². The lowest BCUT2D eigenvalue weighted by molar-refractivity contribution is 0.200. The lowest BCUT2D eigenvalue weighted by atomic mass is 9.84. The molecule has 1 saturated carbocycles. The minimum absolute atomic E-state index is 0.271. The summed E-state index contributed by atoms with van der Waals surface area (Å²) in [7, 11) is 0. The van der Waals surface area contributed by atoms with Crippen LogP contribution in [0.15, 0.2) is 0 Å². The van der Waals surface area contributed by atoms with Gasteiger partial charge in [0.2, 0.25) is 0 Å². The minimum atomic E-state index is 0.271. The fourth-order valence-electron chi connectivity index (χ4n) is 1.96. The Labute approximate surface area is 82.5 Å². The smallest absolute Gasteiger partial charge is 0.0101 e. The first kappa shape index (κ1) is 11.0. The van der Waals surface area contributed by atoms with Crippen LogP contribution in [0, 0.1) is 0 Å². The summed E-state index contributed by atoms with van der Waals surface area (Å²) >= 11 is 0. The molecule has 0 aromatic rings. The van der Waals surface area contributed by atoms with Crippen LogP contribution in [0.5, 0.6) is 0 Å². The van der Waals surface area contributed by atoms with Crippen molar-refractivity contribution in [2.24, 2.45) is 0 Å². The molecule has 78 valence electrons. The zero-order chi connectivity index (χ0) is 10.1. The second kappa shape index (κ2) is 3.97. The SMILES string of the molecule is CC(C)N[C@H]1C[C@H](NC(C)(C)C)C1. The molecule has 0 heterocycles. The van der Waals surface area contributed by atoms with Gasteiger partial charge in [-0.05, 0) is 33.6 Å². The van der Waals surface area contributed by atoms with Crippen molar-refractivity contribution in [1.29, 1.82) is 0 Å². The van der Waals surface area contributed by atoms with Crippen molar-refractivity contribution in [2.75, 3.05) is 0 Å². The van der Waals surface area contributed by atoms with Crippen LogP contribution < -0.4 is 10.6 Å². The molecule has 1 rings (SSSR count). The van der Waals surface area contributed by atoms with Gasteiger partial charge in [-0.3, -0.25) is 0 Å². The van der Waals surface area contributed by atoms with Crippen molar-refractivity contribution in [3.05, 3.63) is 0 Å². The Bertz CT molecular complexity index is 152. The van der Waals surface area contributed by atoms with Gasteiger partial charge in [-0.1, -0.05) is 13.8 Å². The predicted octanol–water partition coefficient (Wildman–Crippen LogP) is 1.90. The standard InChI is InChI=1S/C11H24N2/c1-8(2)12-9-6-10(7-9)13-11(3,4)5/h8-10,12-13H,6-7H2,1-5H3/t9-,10-. The molecule has 0 unspecified atom stereocenters. The molecule has 0 amide bonds. The Morgan fingerprint density at radius 2 is 1.62 bits per heavy atom. The number of hydrogen-bond acceptors (Lipinski definition) is 2. The molecule has 0 saturated heterocycles. The quantitative estimate of drug-likeness (QED) is 0.700. The summed E-state index contributed by atoms with van der Waals surface area (Å²) in [6.07, 6.45) is 2.57. The molecule has 0 aromatic carbocycles. The van der Waals surface area contributed by atoms with Crippen LogP contribution in [0.1, 0.15) is 47.5 Å². The van der Waals surface area contributed by atoms with Gasteiger partial charge in [-0.15, -0.1) is 0 Å². The molecule has 0 spiro atoms. The van der Waals surface area contributed by atoms with Crippen LogP contribution in [0.2, 0.25) is 0 Å². The highest BCUT2D eigenvalue weighted by Gasteiger charge is 2.31. The van der Waals surface area contributed by atoms with Gasteiger partial charge in [-0.2, -0.15) is 0 Å². The van der Waals surface area contributed by atoms with E-state index in [1.165, 1.54) is 12.8 Å². The molecule has 0 aliphatic heterocycles. The van der Waals surface area contributed by atoms with E-state index >= 15 is 0 Å². The Morgan fingerprint density at radius 1 is 1.08 bits per heavy atom. The number of hydrogen-bond donors (Lipinski definition) is 2. The summed E-state index contributed by atoms with van der Waals surface area (Å²) in [6, 6.07) is 2.11. The molecular formula is C11H24N2. The molecular weight excluding hydrogens is 160 g/mol. The molecule has 0 bridgehead atoms. The lowest BCUT2D eigenvalue weighted by Gasteiger charge is -2.41. The van der Waals surface area contributed by atoms with Gasteiger partial charge in [0, 0.05) is 23.7 Å². The number of rotatable bonds is 3. The van der Waals surface area contributed by atoms with Gasteiger partial charge in [0.1, 0.15) is 0 Å². The van der Waals surface area contributed by atoms with Gasteiger partial charge in [0.15, 0.2) is 0 Å². The fourth-order valence-corrected chi connectivity index (χ4v) is 1.96. The van der Waals surface area contributed by atoms with Crippen LogP contribution in [-0.4, -0.2) is 23.7 Å². The summed E-state index contributed by atoms with van der Waals surface area (Å²) in [5.41, 5.74) is 0.271. The van der Waals surface area contributed by atoms with Crippen molar-refractivity contribution in [2.45, 2.75) is 71.1 Å². The third-order valence-electron chi connectivity index (χ3n) is 2.34. The van der Waals surface area contributed by atoms with Crippen LogP contribution >= 0.6 is 0 Å². The molecule has 0 radical (unpaired) electrons. The highest BCUT2D eigenvalue weighted by molar-refractivity contribution is 4.93. The summed E-state index contributed by atoms with van der Waals surface area (Å²) in [4.78, 5) is 0. The Morgan fingerprint density at radius 3 is 2.00 bits per heavy atom. The van der Waals surface area contributed by atoms with Gasteiger partial charge in [0.05, 0.1) is 0 Å². The zero-order valence-corrected chi connectivity index (χ0v) is 9.65. The first-order chi connectivity index (χ1) is 5.87. The summed E-state index contributed by atoms with van der Waals surface area (Å²) in [5.74, 6) is 0. The first-order valence-corrected chi connectivity index (χ1v) is 5.40. The van der Waals surface area contributed by atoms with Gasteiger partial charge >= 0.3 is 0 Å². The summed E-state index contributed by atoms with van der Waals surface area (Å²) in [6.45, 7) is 11.1. The van der Waals surface area contributed by atoms with E-state index in [1.807, 2.05) is 0 Å². The van der Waals surface area contributed by atoms with Gasteiger partial charge < -0.3 is 10.6 Å². The van der Waals surface area contributed by atoms with Gasteiger partial charge in [-0.25, -0.2) is 0 Å². The third kappa shape index (κ3) is 4.10. The van der Waals surface area contributed by atoms with E-state index in [-0.39, 0.29) is 5.54 Å². The summed E-state index contributed by atoms with van der Waals surface area (Å²) in [5, 5.41) is 7.17. The topological polar surface area (TPSA) is 24.1 Å². The highest BCUT2D eigenvalue weighted by Crippen LogP contribution is 2.22. The zero-order valence-electron chi connectivity index (χ0n) is 9.65. The number of nitrogens with one attached hydrogen (secondary N) is 2. The van der Waals surface area contributed by atoms with Crippen molar-refractivity contribution >= 4 is 0 Å². The van der Waals surface area contributed by atoms with E-state index in [1.54, 1.807) is 0 Å². The van der Waals surface area contributed by atoms with Gasteiger partial charge in [0.25, 0.3) is 0 Å². The molecule has 2 N–H and O–H groups in total. The van der Waals surface area contributed by atoms with Crippen molar-refractivity contribution in [3.63, 3.8) is 0 Å². The first-order valence-electron chi connectivity index (χ1n) is 5.40. The molecule has 0 aromatic heterocycles. The Hall–Kier alpha value is -0.0800. The average molecular weight is 184 g/mol. The third-order valence-corrected chi connectivity index (χ3v) is 2.34. The van der Waals surface area contributed by atoms with Crippen molar-refractivity contribution in [1.82, 2.24) is 10.6 Å². The Kier molecular flexibility index (Phi) is 3.36. The van der Waals surface area contributed by atoms with E-state index in [0.717, 1.165) is 12.1 Å². The van der Waals surface area contributed by atoms with Crippen LogP contribution in [0.25, 0.3) is 0 Å². The fraction of sp³-hybridized carbons (Fsp3) is 1.00. The lowest BCUT2D eigenvalue weighted by Crippen LogP contribution is -2.56. The Balaban J connectivity index is 2.12. The van der Waals surface area contributed by atoms with E-state index in [4.69, 9.17) is 0 Å². The van der Waals surface area contributed by atoms with E-state index in [0.29, 0.717) is 6.04 Å². The molecule has 2 nitrogen and oxygen atoms in total. The van der Waals surface area contributed by atoms with Crippen LogP contribution in [0.3, 0.4) is 0 Å². The second-order valence-electron chi connectivity index (χ2n) is 5.58. The monoisotopic (exact) mass is 184 g/mol. The van der Waals surface area contributed by atoms with E-state index in [2.05, 4.69) is 45.3 Å². The predicted molar refractivity (Wildman–Crippen MR) is 58.0 cm³/mol.